The Morgan fingerprint density at radius 3 is 1.50 bits per heavy atom. The second kappa shape index (κ2) is 6.79. The molecule has 10 nitrogen and oxygen atoms in total. The maximum absolute atomic E-state index is 11.7. The summed E-state index contributed by atoms with van der Waals surface area (Å²) in [5, 5.41) is 20.8. The van der Waals surface area contributed by atoms with Crippen LogP contribution in [0.3, 0.4) is 0 Å². The van der Waals surface area contributed by atoms with Gasteiger partial charge in [0.2, 0.25) is 0 Å². The number of aromatic nitrogens is 6. The average Bonchev–Trinajstić information content (AvgIpc) is 2.99. The van der Waals surface area contributed by atoms with Crippen LogP contribution >= 0.6 is 25.3 Å². The van der Waals surface area contributed by atoms with Gasteiger partial charge in [0, 0.05) is 14.1 Å². The van der Waals surface area contributed by atoms with Crippen LogP contribution in [-0.2, 0) is 36.8 Å². The Bertz CT molecular complexity index is 650. The molecule has 0 aromatic carbocycles. The minimum atomic E-state index is -0.781. The monoisotopic (exact) mass is 342 g/mol. The first kappa shape index (κ1) is 16.3. The number of amides is 2. The predicted octanol–water partition coefficient (Wildman–Crippen LogP) is -1.55. The first-order valence-electron chi connectivity index (χ1n) is 6.10. The molecule has 2 aromatic heterocycles. The van der Waals surface area contributed by atoms with Gasteiger partial charge in [-0.1, -0.05) is 0 Å². The van der Waals surface area contributed by atoms with Crippen LogP contribution in [0.4, 0.5) is 0 Å². The standard InChI is InChI=1S/C10H14N8O2S2/c1-17-5(13-15-9(17)21)3-11-7(19)8(20)12-4-6-14-16-10(22)18(6)2/h3-4H2,1-2H3,(H,11,19)(H,12,20)(H,15,21)(H,16,22). The average molecular weight is 342 g/mol. The van der Waals surface area contributed by atoms with Gasteiger partial charge in [0.25, 0.3) is 0 Å². The second-order valence-corrected chi connectivity index (χ2v) is 5.12. The Morgan fingerprint density at radius 1 is 0.864 bits per heavy atom. The lowest BCUT2D eigenvalue weighted by molar-refractivity contribution is -0.139. The first-order chi connectivity index (χ1) is 10.4. The molecule has 0 aliphatic heterocycles. The van der Waals surface area contributed by atoms with Crippen molar-refractivity contribution in [1.82, 2.24) is 40.2 Å². The van der Waals surface area contributed by atoms with Crippen molar-refractivity contribution in [2.24, 2.45) is 14.1 Å². The molecule has 0 spiro atoms. The molecular weight excluding hydrogens is 328 g/mol. The molecule has 0 bridgehead atoms. The topological polar surface area (TPSA) is 120 Å². The molecule has 2 aromatic rings. The molecule has 12 heteroatoms. The van der Waals surface area contributed by atoms with Gasteiger partial charge in [0.15, 0.2) is 22.0 Å². The predicted molar refractivity (Wildman–Crippen MR) is 80.2 cm³/mol. The number of thiol groups is 2. The molecule has 2 N–H and O–H groups in total. The molecule has 0 atom stereocenters. The highest BCUT2D eigenvalue weighted by Gasteiger charge is 2.16. The third-order valence-corrected chi connectivity index (χ3v) is 3.68. The highest BCUT2D eigenvalue weighted by Crippen LogP contribution is 2.03. The van der Waals surface area contributed by atoms with Crippen molar-refractivity contribution in [3.8, 4) is 0 Å². The highest BCUT2D eigenvalue weighted by atomic mass is 32.1. The Balaban J connectivity index is 1.83. The maximum Gasteiger partial charge on any atom is 0.309 e. The fourth-order valence-electron chi connectivity index (χ4n) is 1.49. The van der Waals surface area contributed by atoms with E-state index in [0.717, 1.165) is 0 Å². The van der Waals surface area contributed by atoms with Crippen LogP contribution in [0.25, 0.3) is 0 Å². The summed E-state index contributed by atoms with van der Waals surface area (Å²) in [6.45, 7) is 0.141. The minimum Gasteiger partial charge on any atom is -0.341 e. The van der Waals surface area contributed by atoms with E-state index in [0.29, 0.717) is 22.0 Å². The van der Waals surface area contributed by atoms with Crippen molar-refractivity contribution < 1.29 is 9.59 Å². The third-order valence-electron chi connectivity index (χ3n) is 2.90. The summed E-state index contributed by atoms with van der Waals surface area (Å²) >= 11 is 8.13. The van der Waals surface area contributed by atoms with Gasteiger partial charge >= 0.3 is 11.8 Å². The number of hydrogen-bond acceptors (Lipinski definition) is 8. The van der Waals surface area contributed by atoms with Crippen molar-refractivity contribution in [1.29, 1.82) is 0 Å². The number of rotatable bonds is 4. The van der Waals surface area contributed by atoms with E-state index in [1.807, 2.05) is 0 Å². The van der Waals surface area contributed by atoms with Crippen molar-refractivity contribution in [2.75, 3.05) is 0 Å². The van der Waals surface area contributed by atoms with Crippen LogP contribution in [0.1, 0.15) is 11.6 Å². The Kier molecular flexibility index (Phi) is 5.03. The van der Waals surface area contributed by atoms with E-state index in [1.54, 1.807) is 23.2 Å². The van der Waals surface area contributed by atoms with Crippen LogP contribution in [-0.4, -0.2) is 41.3 Å². The molecule has 0 aliphatic carbocycles. The summed E-state index contributed by atoms with van der Waals surface area (Å²) in [7, 11) is 3.40. The van der Waals surface area contributed by atoms with E-state index in [-0.39, 0.29) is 13.1 Å². The minimum absolute atomic E-state index is 0.0705. The lowest BCUT2D eigenvalue weighted by Crippen LogP contribution is -2.40. The first-order valence-corrected chi connectivity index (χ1v) is 7.00. The fourth-order valence-corrected chi connectivity index (χ4v) is 1.81. The Labute approximate surface area is 136 Å². The Morgan fingerprint density at radius 2 is 1.23 bits per heavy atom. The van der Waals surface area contributed by atoms with Crippen molar-refractivity contribution in [3.05, 3.63) is 11.6 Å². The molecule has 0 aliphatic rings. The molecule has 0 unspecified atom stereocenters. The van der Waals surface area contributed by atoms with Crippen LogP contribution < -0.4 is 10.6 Å². The molecule has 0 saturated heterocycles. The SMILES string of the molecule is Cn1c(S)nnc1CNC(=O)C(=O)NCc1nnc(S)n1C. The summed E-state index contributed by atoms with van der Waals surface area (Å²) in [6.07, 6.45) is 0. The maximum atomic E-state index is 11.7. The summed E-state index contributed by atoms with van der Waals surface area (Å²) < 4.78 is 3.18. The van der Waals surface area contributed by atoms with Gasteiger partial charge in [-0.15, -0.1) is 45.7 Å². The van der Waals surface area contributed by atoms with Gasteiger partial charge in [-0.25, -0.2) is 0 Å². The molecule has 0 radical (unpaired) electrons. The number of carbonyl (C=O) groups is 2. The van der Waals surface area contributed by atoms with E-state index < -0.39 is 11.8 Å². The smallest absolute Gasteiger partial charge is 0.309 e. The highest BCUT2D eigenvalue weighted by molar-refractivity contribution is 7.80. The summed E-state index contributed by atoms with van der Waals surface area (Å²) in [5.41, 5.74) is 0. The number of carbonyl (C=O) groups excluding carboxylic acids is 2. The van der Waals surface area contributed by atoms with E-state index in [4.69, 9.17) is 0 Å². The largest absolute Gasteiger partial charge is 0.341 e. The van der Waals surface area contributed by atoms with Gasteiger partial charge < -0.3 is 19.8 Å². The van der Waals surface area contributed by atoms with Crippen LogP contribution in [0.15, 0.2) is 10.3 Å². The number of hydrogen-bond donors (Lipinski definition) is 4. The van der Waals surface area contributed by atoms with E-state index in [9.17, 15) is 9.59 Å². The van der Waals surface area contributed by atoms with Crippen molar-refractivity contribution in [2.45, 2.75) is 23.4 Å². The van der Waals surface area contributed by atoms with Crippen LogP contribution in [0.5, 0.6) is 0 Å². The van der Waals surface area contributed by atoms with Gasteiger partial charge in [0.05, 0.1) is 13.1 Å². The van der Waals surface area contributed by atoms with Gasteiger partial charge in [-0.05, 0) is 0 Å². The number of nitrogens with zero attached hydrogens (tertiary/aromatic N) is 6. The molecular formula is C10H14N8O2S2. The van der Waals surface area contributed by atoms with Crippen molar-refractivity contribution >= 4 is 37.1 Å². The summed E-state index contributed by atoms with van der Waals surface area (Å²) in [5.74, 6) is -0.590. The lowest BCUT2D eigenvalue weighted by Gasteiger charge is -2.06. The third kappa shape index (κ3) is 3.57. The van der Waals surface area contributed by atoms with Crippen LogP contribution in [0.2, 0.25) is 0 Å². The second-order valence-electron chi connectivity index (χ2n) is 4.32. The van der Waals surface area contributed by atoms with E-state index in [1.165, 1.54) is 0 Å². The molecule has 2 amide bonds. The zero-order chi connectivity index (χ0) is 16.3. The normalized spacial score (nSPS) is 10.5. The lowest BCUT2D eigenvalue weighted by atomic mass is 10.4. The van der Waals surface area contributed by atoms with E-state index >= 15 is 0 Å². The molecule has 0 fully saturated rings. The Hall–Kier alpha value is -2.08. The molecule has 2 heterocycles. The van der Waals surface area contributed by atoms with Gasteiger partial charge in [0.1, 0.15) is 0 Å². The molecule has 22 heavy (non-hydrogen) atoms. The van der Waals surface area contributed by atoms with Gasteiger partial charge in [-0.2, -0.15) is 0 Å². The summed E-state index contributed by atoms with van der Waals surface area (Å²) in [4.78, 5) is 23.4. The number of nitrogens with one attached hydrogen (secondary N) is 2. The molecule has 2 rings (SSSR count). The van der Waals surface area contributed by atoms with E-state index in [2.05, 4.69) is 56.3 Å². The zero-order valence-corrected chi connectivity index (χ0v) is 13.6. The van der Waals surface area contributed by atoms with Crippen LogP contribution in [0, 0.1) is 0 Å². The molecule has 0 saturated carbocycles. The zero-order valence-electron chi connectivity index (χ0n) is 11.8. The summed E-state index contributed by atoms with van der Waals surface area (Å²) in [6, 6.07) is 0. The quantitative estimate of drug-likeness (QED) is 0.395. The fraction of sp³-hybridized carbons (Fsp3) is 0.400. The van der Waals surface area contributed by atoms with Gasteiger partial charge in [-0.3, -0.25) is 9.59 Å². The molecule has 118 valence electrons. The van der Waals surface area contributed by atoms with Crippen molar-refractivity contribution in [3.63, 3.8) is 0 Å².